The van der Waals surface area contributed by atoms with Crippen LogP contribution in [0.25, 0.3) is 5.69 Å². The van der Waals surface area contributed by atoms with E-state index in [0.29, 0.717) is 42.4 Å². The topological polar surface area (TPSA) is 150 Å². The Hall–Kier alpha value is -4.96. The molecule has 0 aliphatic carbocycles. The van der Waals surface area contributed by atoms with Crippen LogP contribution in [-0.4, -0.2) is 83.7 Å². The van der Waals surface area contributed by atoms with E-state index in [2.05, 4.69) is 20.7 Å². The van der Waals surface area contributed by atoms with Crippen LogP contribution >= 0.6 is 0 Å². The first-order valence-electron chi connectivity index (χ1n) is 15.2. The molecule has 4 aromatic rings. The summed E-state index contributed by atoms with van der Waals surface area (Å²) >= 11 is 0. The number of rotatable bonds is 7. The molecule has 3 N–H and O–H groups in total. The van der Waals surface area contributed by atoms with Crippen LogP contribution in [0.15, 0.2) is 60.8 Å². The molecule has 2 aromatic carbocycles. The van der Waals surface area contributed by atoms with E-state index in [0.717, 1.165) is 28.9 Å². The smallest absolute Gasteiger partial charge is 0.324 e. The maximum atomic E-state index is 14.1. The Balaban J connectivity index is 0.00000101. The van der Waals surface area contributed by atoms with Crippen molar-refractivity contribution < 1.29 is 35.7 Å². The first-order chi connectivity index (χ1) is 23.0. The van der Waals surface area contributed by atoms with E-state index in [4.69, 9.17) is 4.55 Å². The number of hydrogen-bond acceptors (Lipinski definition) is 7. The second-order valence-corrected chi connectivity index (χ2v) is 13.7. The van der Waals surface area contributed by atoms with Crippen LogP contribution in [0, 0.1) is 25.5 Å². The van der Waals surface area contributed by atoms with Gasteiger partial charge in [0.2, 0.25) is 0 Å². The number of piperazine rings is 1. The minimum Gasteiger partial charge on any atom is -0.353 e. The Morgan fingerprint density at radius 2 is 1.55 bits per heavy atom. The van der Waals surface area contributed by atoms with Gasteiger partial charge in [-0.05, 0) is 49.7 Å². The van der Waals surface area contributed by atoms with Crippen LogP contribution in [-0.2, 0) is 15.5 Å². The van der Waals surface area contributed by atoms with Crippen molar-refractivity contribution in [2.75, 3.05) is 54.6 Å². The second kappa shape index (κ2) is 15.1. The van der Waals surface area contributed by atoms with Gasteiger partial charge in [0.05, 0.1) is 29.5 Å². The Morgan fingerprint density at radius 3 is 2.10 bits per heavy atom. The Morgan fingerprint density at radius 1 is 0.959 bits per heavy atom. The van der Waals surface area contributed by atoms with Crippen LogP contribution in [0.4, 0.5) is 35.3 Å². The molecule has 12 nitrogen and oxygen atoms in total. The number of aryl methyl sites for hydroxylation is 2. The first kappa shape index (κ1) is 36.9. The predicted molar refractivity (Wildman–Crippen MR) is 181 cm³/mol. The van der Waals surface area contributed by atoms with Crippen LogP contribution in [0.2, 0.25) is 0 Å². The molecule has 0 spiro atoms. The number of hydrogen-bond donors (Lipinski definition) is 3. The van der Waals surface area contributed by atoms with Crippen molar-refractivity contribution in [2.45, 2.75) is 33.1 Å². The van der Waals surface area contributed by atoms with E-state index in [9.17, 15) is 31.2 Å². The Kier molecular flexibility index (Phi) is 11.3. The molecule has 0 atom stereocenters. The summed E-state index contributed by atoms with van der Waals surface area (Å²) in [6.07, 6.45) is 2.25. The van der Waals surface area contributed by atoms with Crippen molar-refractivity contribution in [1.29, 1.82) is 0 Å². The molecule has 1 aliphatic heterocycles. The summed E-state index contributed by atoms with van der Waals surface area (Å²) in [5, 5.41) is 10.2. The maximum absolute atomic E-state index is 14.1. The predicted octanol–water partition coefficient (Wildman–Crippen LogP) is 5.52. The lowest BCUT2D eigenvalue weighted by Crippen LogP contribution is -2.49. The molecule has 0 bridgehead atoms. The van der Waals surface area contributed by atoms with Gasteiger partial charge in [-0.25, -0.2) is 23.2 Å². The maximum Gasteiger partial charge on any atom is 0.324 e. The van der Waals surface area contributed by atoms with Gasteiger partial charge in [0.25, 0.3) is 16.0 Å². The molecule has 16 heteroatoms. The number of amides is 3. The standard InChI is InChI=1S/C32H34F3N7O2.CH4O3S/c1-20-8-10-23(11-9-20)42-27(17-26(39-42)32(3,4)19-33)38-31(44)37-22-16-21(2)29(36-18-22)40-12-14-41(15-13-40)30(43)28-24(34)6-5-7-25(28)35;1-5(2,3)4/h5-11,16-18H,12-15,19H2,1-4H3,(H2,37,38,44);1H3,(H,2,3,4). The second-order valence-electron chi connectivity index (χ2n) is 12.2. The number of anilines is 3. The molecular formula is C33H38F3N7O5S. The molecule has 3 amide bonds. The van der Waals surface area contributed by atoms with Gasteiger partial charge in [-0.3, -0.25) is 19.1 Å². The van der Waals surface area contributed by atoms with Crippen LogP contribution in [0.3, 0.4) is 0 Å². The van der Waals surface area contributed by atoms with Gasteiger partial charge >= 0.3 is 6.03 Å². The highest BCUT2D eigenvalue weighted by Crippen LogP contribution is 2.28. The van der Waals surface area contributed by atoms with E-state index in [1.807, 2.05) is 43.0 Å². The van der Waals surface area contributed by atoms with E-state index in [-0.39, 0.29) is 13.1 Å². The number of alkyl halides is 1. The molecule has 5 rings (SSSR count). The number of nitrogens with one attached hydrogen (secondary N) is 2. The lowest BCUT2D eigenvalue weighted by molar-refractivity contribution is 0.0736. The third-order valence-electron chi connectivity index (χ3n) is 7.61. The highest BCUT2D eigenvalue weighted by molar-refractivity contribution is 7.85. The monoisotopic (exact) mass is 701 g/mol. The average molecular weight is 702 g/mol. The highest BCUT2D eigenvalue weighted by Gasteiger charge is 2.28. The fourth-order valence-electron chi connectivity index (χ4n) is 4.98. The molecule has 2 aromatic heterocycles. The van der Waals surface area contributed by atoms with Crippen LogP contribution in [0.1, 0.15) is 41.0 Å². The van der Waals surface area contributed by atoms with E-state index < -0.39 is 51.3 Å². The van der Waals surface area contributed by atoms with Crippen molar-refractivity contribution in [3.63, 3.8) is 0 Å². The van der Waals surface area contributed by atoms with Gasteiger partial charge in [0.1, 0.15) is 35.5 Å². The molecule has 0 saturated carbocycles. The number of nitrogens with zero attached hydrogens (tertiary/aromatic N) is 5. The number of pyridine rings is 1. The SMILES string of the molecule is CS(=O)(=O)O.Cc1ccc(-n2nc(C(C)(C)CF)cc2NC(=O)Nc2cnc(N3CCN(C(=O)c4c(F)cccc4F)CC3)c(C)c2)cc1. The lowest BCUT2D eigenvalue weighted by Gasteiger charge is -2.36. The number of carbonyl (C=O) groups excluding carboxylic acids is 2. The zero-order valence-corrected chi connectivity index (χ0v) is 28.5. The summed E-state index contributed by atoms with van der Waals surface area (Å²) in [4.78, 5) is 33.7. The van der Waals surface area contributed by atoms with Crippen LogP contribution < -0.4 is 15.5 Å². The number of halogens is 3. The van der Waals surface area contributed by atoms with Crippen molar-refractivity contribution in [3.8, 4) is 5.69 Å². The minimum atomic E-state index is -3.67. The van der Waals surface area contributed by atoms with Crippen LogP contribution in [0.5, 0.6) is 0 Å². The van der Waals surface area contributed by atoms with E-state index in [1.54, 1.807) is 30.7 Å². The van der Waals surface area contributed by atoms with Crippen molar-refractivity contribution in [2.24, 2.45) is 0 Å². The largest absolute Gasteiger partial charge is 0.353 e. The molecular weight excluding hydrogens is 663 g/mol. The number of urea groups is 1. The summed E-state index contributed by atoms with van der Waals surface area (Å²) < 4.78 is 69.4. The van der Waals surface area contributed by atoms with Gasteiger partial charge in [-0.15, -0.1) is 0 Å². The highest BCUT2D eigenvalue weighted by atomic mass is 32.2. The van der Waals surface area contributed by atoms with Crippen molar-refractivity contribution >= 4 is 39.4 Å². The normalized spacial score (nSPS) is 13.4. The van der Waals surface area contributed by atoms with E-state index >= 15 is 0 Å². The molecule has 1 saturated heterocycles. The van der Waals surface area contributed by atoms with E-state index in [1.165, 1.54) is 17.2 Å². The number of benzene rings is 2. The average Bonchev–Trinajstić information content (AvgIpc) is 3.45. The quantitative estimate of drug-likeness (QED) is 0.213. The number of aromatic nitrogens is 3. The summed E-state index contributed by atoms with van der Waals surface area (Å²) in [6.45, 7) is 8.08. The summed E-state index contributed by atoms with van der Waals surface area (Å²) in [5.41, 5.74) is 2.14. The van der Waals surface area contributed by atoms with Gasteiger partial charge in [0, 0.05) is 37.7 Å². The first-order valence-corrected chi connectivity index (χ1v) is 17.0. The molecule has 1 fully saturated rings. The van der Waals surface area contributed by atoms with Gasteiger partial charge in [-0.2, -0.15) is 13.5 Å². The van der Waals surface area contributed by atoms with Gasteiger partial charge < -0.3 is 15.1 Å². The Bertz CT molecular complexity index is 1900. The van der Waals surface area contributed by atoms with Crippen molar-refractivity contribution in [1.82, 2.24) is 19.7 Å². The molecule has 3 heterocycles. The Labute approximate surface area is 282 Å². The minimum absolute atomic E-state index is 0.270. The molecule has 0 radical (unpaired) electrons. The van der Waals surface area contributed by atoms with Gasteiger partial charge in [0.15, 0.2) is 0 Å². The fourth-order valence-corrected chi connectivity index (χ4v) is 4.98. The zero-order chi connectivity index (χ0) is 36.1. The molecule has 1 aliphatic rings. The summed E-state index contributed by atoms with van der Waals surface area (Å²) in [7, 11) is -3.67. The number of carbonyl (C=O) groups is 2. The zero-order valence-electron chi connectivity index (χ0n) is 27.7. The molecule has 49 heavy (non-hydrogen) atoms. The van der Waals surface area contributed by atoms with Gasteiger partial charge in [-0.1, -0.05) is 37.6 Å². The van der Waals surface area contributed by atoms with Crippen molar-refractivity contribution in [3.05, 3.63) is 94.8 Å². The molecule has 0 unspecified atom stereocenters. The lowest BCUT2D eigenvalue weighted by atomic mass is 9.91. The summed E-state index contributed by atoms with van der Waals surface area (Å²) in [5.74, 6) is -1.39. The molecule has 262 valence electrons. The summed E-state index contributed by atoms with van der Waals surface area (Å²) in [6, 6.07) is 13.9. The third kappa shape index (κ3) is 9.57. The fraction of sp³-hybridized carbons (Fsp3) is 0.333. The third-order valence-corrected chi connectivity index (χ3v) is 7.61.